The van der Waals surface area contributed by atoms with Gasteiger partial charge >= 0.3 is 0 Å². The Labute approximate surface area is 171 Å². The maximum atomic E-state index is 3.81. The first-order valence-electron chi connectivity index (χ1n) is 10.6. The zero-order valence-corrected chi connectivity index (χ0v) is 16.5. The molecule has 1 saturated heterocycles. The Bertz CT molecular complexity index is 1130. The standard InChI is InChI=1S/C26H25N3/c1-3-9-19(10-4-1)23-17-29(20-11-5-2-6-12-20)18-28-16-15-22-21-13-7-8-14-24(21)27-25(22)26(23)28/h1-14,23,26-27H,15-18H2/t23-,26-/m1/s1. The molecule has 2 atom stereocenters. The van der Waals surface area contributed by atoms with Crippen LogP contribution in [0.15, 0.2) is 84.9 Å². The fraction of sp³-hybridized carbons (Fsp3) is 0.231. The van der Waals surface area contributed by atoms with Crippen LogP contribution in [0, 0.1) is 0 Å². The minimum absolute atomic E-state index is 0.397. The minimum Gasteiger partial charge on any atom is -0.358 e. The highest BCUT2D eigenvalue weighted by Crippen LogP contribution is 2.45. The van der Waals surface area contributed by atoms with Crippen molar-refractivity contribution >= 4 is 16.6 Å². The highest BCUT2D eigenvalue weighted by molar-refractivity contribution is 5.85. The summed E-state index contributed by atoms with van der Waals surface area (Å²) in [4.78, 5) is 9.03. The van der Waals surface area contributed by atoms with E-state index in [1.807, 2.05) is 0 Å². The first-order chi connectivity index (χ1) is 14.4. The fourth-order valence-electron chi connectivity index (χ4n) is 5.36. The SMILES string of the molecule is c1ccc([C@H]2CN(c3ccccc3)CN3CCc4c([nH]c5ccccc45)[C@@H]23)cc1. The number of nitrogens with zero attached hydrogens (tertiary/aromatic N) is 2. The Morgan fingerprint density at radius 3 is 2.34 bits per heavy atom. The molecule has 4 aromatic rings. The van der Waals surface area contributed by atoms with Crippen LogP contribution in [0.3, 0.4) is 0 Å². The first kappa shape index (κ1) is 16.9. The van der Waals surface area contributed by atoms with Gasteiger partial charge in [-0.25, -0.2) is 0 Å². The molecule has 1 aromatic heterocycles. The van der Waals surface area contributed by atoms with Crippen LogP contribution in [-0.4, -0.2) is 29.6 Å². The van der Waals surface area contributed by atoms with E-state index in [2.05, 4.69) is 99.7 Å². The first-order valence-corrected chi connectivity index (χ1v) is 10.6. The highest BCUT2D eigenvalue weighted by Gasteiger charge is 2.41. The molecular formula is C26H25N3. The van der Waals surface area contributed by atoms with Crippen molar-refractivity contribution < 1.29 is 0 Å². The van der Waals surface area contributed by atoms with Crippen LogP contribution in [0.1, 0.15) is 28.8 Å². The molecule has 29 heavy (non-hydrogen) atoms. The lowest BCUT2D eigenvalue weighted by Gasteiger charge is -2.49. The number of hydrogen-bond donors (Lipinski definition) is 1. The second kappa shape index (κ2) is 6.78. The van der Waals surface area contributed by atoms with Gasteiger partial charge in [-0.1, -0.05) is 66.7 Å². The summed E-state index contributed by atoms with van der Waals surface area (Å²) in [5.74, 6) is 0.428. The topological polar surface area (TPSA) is 22.3 Å². The van der Waals surface area contributed by atoms with Crippen LogP contribution in [-0.2, 0) is 6.42 Å². The van der Waals surface area contributed by atoms with Crippen LogP contribution >= 0.6 is 0 Å². The van der Waals surface area contributed by atoms with E-state index in [0.29, 0.717) is 12.0 Å². The molecule has 3 nitrogen and oxygen atoms in total. The number of anilines is 1. The molecular weight excluding hydrogens is 354 g/mol. The Balaban J connectivity index is 1.47. The molecule has 1 fully saturated rings. The maximum Gasteiger partial charge on any atom is 0.0713 e. The Morgan fingerprint density at radius 2 is 1.52 bits per heavy atom. The number of benzene rings is 3. The van der Waals surface area contributed by atoms with Gasteiger partial charge in [0.25, 0.3) is 0 Å². The molecule has 2 aliphatic rings. The van der Waals surface area contributed by atoms with Crippen molar-refractivity contribution in [1.29, 1.82) is 0 Å². The zero-order chi connectivity index (χ0) is 19.2. The van der Waals surface area contributed by atoms with Crippen molar-refractivity contribution in [1.82, 2.24) is 9.88 Å². The molecule has 0 spiro atoms. The summed E-state index contributed by atoms with van der Waals surface area (Å²) in [6, 6.07) is 31.1. The number of hydrogen-bond acceptors (Lipinski definition) is 2. The quantitative estimate of drug-likeness (QED) is 0.509. The normalized spacial score (nSPS) is 21.7. The van der Waals surface area contributed by atoms with Crippen molar-refractivity contribution in [2.24, 2.45) is 0 Å². The lowest BCUT2D eigenvalue weighted by molar-refractivity contribution is 0.126. The van der Waals surface area contributed by atoms with Crippen LogP contribution < -0.4 is 4.90 Å². The van der Waals surface area contributed by atoms with Crippen molar-refractivity contribution in [3.05, 3.63) is 102 Å². The third kappa shape index (κ3) is 2.77. The van der Waals surface area contributed by atoms with E-state index in [9.17, 15) is 0 Å². The molecule has 0 bridgehead atoms. The summed E-state index contributed by atoms with van der Waals surface area (Å²) in [6.07, 6.45) is 1.11. The molecule has 3 aromatic carbocycles. The number of fused-ring (bicyclic) bond motifs is 5. The molecule has 1 N–H and O–H groups in total. The van der Waals surface area contributed by atoms with Crippen molar-refractivity contribution in [3.63, 3.8) is 0 Å². The predicted octanol–water partition coefficient (Wildman–Crippen LogP) is 5.33. The van der Waals surface area contributed by atoms with E-state index in [0.717, 1.165) is 26.2 Å². The van der Waals surface area contributed by atoms with Crippen LogP contribution in [0.2, 0.25) is 0 Å². The molecule has 2 aliphatic heterocycles. The molecule has 0 saturated carbocycles. The largest absolute Gasteiger partial charge is 0.358 e. The molecule has 3 heterocycles. The van der Waals surface area contributed by atoms with Gasteiger partial charge in [-0.05, 0) is 35.7 Å². The van der Waals surface area contributed by atoms with E-state index in [-0.39, 0.29) is 0 Å². The van der Waals surface area contributed by atoms with Gasteiger partial charge in [0.1, 0.15) is 0 Å². The summed E-state index contributed by atoms with van der Waals surface area (Å²) in [5.41, 5.74) is 6.97. The predicted molar refractivity (Wildman–Crippen MR) is 119 cm³/mol. The lowest BCUT2D eigenvalue weighted by atomic mass is 9.82. The van der Waals surface area contributed by atoms with Crippen molar-refractivity contribution in [3.8, 4) is 0 Å². The van der Waals surface area contributed by atoms with Gasteiger partial charge in [0.2, 0.25) is 0 Å². The molecule has 3 heteroatoms. The molecule has 6 rings (SSSR count). The van der Waals surface area contributed by atoms with E-state index in [1.165, 1.54) is 33.4 Å². The number of para-hydroxylation sites is 2. The van der Waals surface area contributed by atoms with E-state index >= 15 is 0 Å². The molecule has 144 valence electrons. The van der Waals surface area contributed by atoms with Gasteiger partial charge in [0.15, 0.2) is 0 Å². The average Bonchev–Trinajstić information content (AvgIpc) is 3.18. The van der Waals surface area contributed by atoms with E-state index in [4.69, 9.17) is 0 Å². The van der Waals surface area contributed by atoms with Gasteiger partial charge in [-0.3, -0.25) is 4.90 Å². The van der Waals surface area contributed by atoms with Crippen LogP contribution in [0.25, 0.3) is 10.9 Å². The number of nitrogens with one attached hydrogen (secondary N) is 1. The number of aromatic amines is 1. The summed E-state index contributed by atoms with van der Waals surface area (Å²) in [6.45, 7) is 3.11. The van der Waals surface area contributed by atoms with Gasteiger partial charge in [-0.15, -0.1) is 0 Å². The summed E-state index contributed by atoms with van der Waals surface area (Å²) < 4.78 is 0. The Morgan fingerprint density at radius 1 is 0.793 bits per heavy atom. The van der Waals surface area contributed by atoms with Gasteiger partial charge in [-0.2, -0.15) is 0 Å². The highest BCUT2D eigenvalue weighted by atomic mass is 15.4. The lowest BCUT2D eigenvalue weighted by Crippen LogP contribution is -2.53. The monoisotopic (exact) mass is 379 g/mol. The fourth-order valence-corrected chi connectivity index (χ4v) is 5.36. The molecule has 0 radical (unpaired) electrons. The molecule has 0 amide bonds. The van der Waals surface area contributed by atoms with Gasteiger partial charge < -0.3 is 9.88 Å². The Kier molecular flexibility index (Phi) is 3.95. The third-order valence-electron chi connectivity index (χ3n) is 6.68. The number of H-pyrrole nitrogens is 1. The zero-order valence-electron chi connectivity index (χ0n) is 16.5. The van der Waals surface area contributed by atoms with Crippen LogP contribution in [0.4, 0.5) is 5.69 Å². The smallest absolute Gasteiger partial charge is 0.0713 e. The van der Waals surface area contributed by atoms with Gasteiger partial charge in [0.05, 0.1) is 12.7 Å². The van der Waals surface area contributed by atoms with Crippen molar-refractivity contribution in [2.45, 2.75) is 18.4 Å². The second-order valence-electron chi connectivity index (χ2n) is 8.29. The summed E-state index contributed by atoms with van der Waals surface area (Å²) >= 11 is 0. The van der Waals surface area contributed by atoms with Gasteiger partial charge in [0, 0.05) is 41.3 Å². The molecule has 0 unspecified atom stereocenters. The number of rotatable bonds is 2. The van der Waals surface area contributed by atoms with E-state index in [1.54, 1.807) is 0 Å². The molecule has 0 aliphatic carbocycles. The summed E-state index contributed by atoms with van der Waals surface area (Å²) in [7, 11) is 0. The minimum atomic E-state index is 0.397. The van der Waals surface area contributed by atoms with Crippen molar-refractivity contribution in [2.75, 3.05) is 24.7 Å². The third-order valence-corrected chi connectivity index (χ3v) is 6.68. The maximum absolute atomic E-state index is 3.81. The summed E-state index contributed by atoms with van der Waals surface area (Å²) in [5, 5.41) is 1.40. The van der Waals surface area contributed by atoms with Crippen LogP contribution in [0.5, 0.6) is 0 Å². The van der Waals surface area contributed by atoms with E-state index < -0.39 is 0 Å². The number of aromatic nitrogens is 1. The Hall–Kier alpha value is -3.04. The second-order valence-corrected chi connectivity index (χ2v) is 8.29. The average molecular weight is 380 g/mol.